The number of benzene rings is 5. The summed E-state index contributed by atoms with van der Waals surface area (Å²) in [5.74, 6) is -0.817. The van der Waals surface area contributed by atoms with E-state index < -0.39 is 64.9 Å². The molecule has 0 unspecified atom stereocenters. The van der Waals surface area contributed by atoms with E-state index in [2.05, 4.69) is 66.9 Å². The molecule has 12 rings (SSSR count). The van der Waals surface area contributed by atoms with Crippen LogP contribution in [0.5, 0.6) is 5.75 Å². The summed E-state index contributed by atoms with van der Waals surface area (Å²) in [7, 11) is -9.39. The van der Waals surface area contributed by atoms with Crippen molar-refractivity contribution in [1.29, 1.82) is 0 Å². The molecule has 25 nitrogen and oxygen atoms in total. The van der Waals surface area contributed by atoms with Crippen LogP contribution in [0.15, 0.2) is 153 Å². The maximum Gasteiger partial charge on any atom is 0.501 e. The van der Waals surface area contributed by atoms with Gasteiger partial charge in [-0.3, -0.25) is 38.5 Å². The van der Waals surface area contributed by atoms with Gasteiger partial charge in [-0.2, -0.15) is 13.2 Å². The topological polar surface area (TPSA) is 289 Å². The van der Waals surface area contributed by atoms with E-state index in [0.717, 1.165) is 100 Å². The van der Waals surface area contributed by atoms with Crippen molar-refractivity contribution >= 4 is 101 Å². The van der Waals surface area contributed by atoms with Crippen LogP contribution in [0.2, 0.25) is 5.02 Å². The predicted molar refractivity (Wildman–Crippen MR) is 446 cm³/mol. The number of alkyl halides is 3. The average molecular weight is 1710 g/mol. The Morgan fingerprint density at radius 3 is 2.23 bits per heavy atom. The van der Waals surface area contributed by atoms with E-state index in [-0.39, 0.29) is 97.3 Å². The molecule has 630 valence electrons. The lowest BCUT2D eigenvalue weighted by Crippen LogP contribution is -2.55. The Bertz CT molecular complexity index is 4810. The van der Waals surface area contributed by atoms with Gasteiger partial charge in [-0.25, -0.2) is 26.5 Å². The number of thioether (sulfide) groups is 1. The second-order valence-corrected chi connectivity index (χ2v) is 37.4. The molecule has 7 aromatic rings. The number of nitrogens with zero attached hydrogens (tertiary/aromatic N) is 9. The Hall–Kier alpha value is -8.31. The number of likely N-dealkylation sites (tertiary alicyclic amines) is 1. The van der Waals surface area contributed by atoms with Crippen molar-refractivity contribution in [2.45, 2.75) is 162 Å². The number of piperazine rings is 2. The lowest BCUT2D eigenvalue weighted by molar-refractivity contribution is -0.139. The first-order chi connectivity index (χ1) is 56.2. The lowest BCUT2D eigenvalue weighted by Gasteiger charge is -2.39. The Labute approximate surface area is 696 Å². The normalized spacial score (nSPS) is 18.2. The van der Waals surface area contributed by atoms with Crippen LogP contribution in [-0.2, 0) is 56.9 Å². The molecule has 4 fully saturated rings. The first-order valence-corrected chi connectivity index (χ1v) is 45.5. The molecule has 5 aromatic carbocycles. The monoisotopic (exact) mass is 1710 g/mol. The summed E-state index contributed by atoms with van der Waals surface area (Å²) in [4.78, 5) is 82.1. The summed E-state index contributed by atoms with van der Waals surface area (Å²) in [5.41, 5.74) is -0.00538. The fraction of sp³-hybridized carbons (Fsp3) is 0.500. The minimum atomic E-state index is -6.17. The van der Waals surface area contributed by atoms with Gasteiger partial charge in [0.15, 0.2) is 0 Å². The number of halogens is 4. The SMILES string of the molecule is CN[C@@H](C)C(=O)N[C@@H](C(=O)N1CCC[C@H]1c1nc(C(=O)c2cccc(OCCOCCOCc3cn(CCCC(=O)N4CCN(CC[C@H](CSc5ccccc5)Nc5ccc(S(=O)(=O)NC(=O)c6ccc(N7CCN(CC8=C(c9ccc(Cl)cc9)CCC(C)(C)C8)CC7)cc6)cc5S(=O)(=O)C(F)(F)F)CC4)nn3)c2)cs1)C1CCCCC1. The number of ketones is 1. The summed E-state index contributed by atoms with van der Waals surface area (Å²) >= 11 is 9.00. The quantitative estimate of drug-likeness (QED) is 0.0160. The average Bonchev–Trinajstić information content (AvgIpc) is 1.45. The predicted octanol–water partition coefficient (Wildman–Crippen LogP) is 12.4. The van der Waals surface area contributed by atoms with Gasteiger partial charge in [0.25, 0.3) is 25.8 Å². The highest BCUT2D eigenvalue weighted by Gasteiger charge is 2.49. The summed E-state index contributed by atoms with van der Waals surface area (Å²) < 4.78 is 120. The standard InChI is InChI=1S/C84H105ClF3N13O12S4/c1-58(89-4)79(104)92-77(60-14-7-5-8-15-60)82(106)101-36-12-20-74(101)81-91-73(57-115-81)78(103)62-16-11-17-68(50-62)113-49-48-111-46-47-112-55-66-54-100(95-93-66)35-13-21-76(102)99-44-38-96(39-45-99)37-33-65(56-114-69-18-9-6-10-19-69)90-72-31-30-70(51-75(72)116(107,108)84(86,87)88)117(109,110)94-80(105)61-24-28-67(29-25-61)98-42-40-97(41-43-98)53-63-52-83(2,3)34-32-71(63)59-22-26-64(85)27-23-59/h6,9-11,16-19,22-31,50-51,54,57-58,60,65,74,77,89-90H,5,7-8,12-15,20-21,32-49,52-53,55-56H2,1-4H3,(H,92,104)(H,94,105)/t58-,65+,74-,77+/m0/s1. The Morgan fingerprint density at radius 1 is 0.769 bits per heavy atom. The fourth-order valence-electron chi connectivity index (χ4n) is 15.7. The largest absolute Gasteiger partial charge is 0.501 e. The second-order valence-electron chi connectivity index (χ2n) is 31.4. The van der Waals surface area contributed by atoms with Crippen LogP contribution < -0.4 is 30.3 Å². The van der Waals surface area contributed by atoms with E-state index in [9.17, 15) is 54.0 Å². The van der Waals surface area contributed by atoms with Gasteiger partial charge in [-0.05, 0) is 173 Å². The molecule has 3 aliphatic heterocycles. The molecule has 117 heavy (non-hydrogen) atoms. The Balaban J connectivity index is 0.555. The number of aromatic nitrogens is 4. The molecule has 1 saturated carbocycles. The summed E-state index contributed by atoms with van der Waals surface area (Å²) in [6.07, 6.45) is 12.4. The Morgan fingerprint density at radius 2 is 1.50 bits per heavy atom. The number of allylic oxidation sites excluding steroid dienone is 1. The number of rotatable bonds is 37. The molecular weight excluding hydrogens is 1600 g/mol. The number of nitrogens with one attached hydrogen (secondary N) is 4. The van der Waals surface area contributed by atoms with Crippen LogP contribution in [0.1, 0.15) is 153 Å². The molecule has 2 aromatic heterocycles. The van der Waals surface area contributed by atoms with Gasteiger partial charge in [0.05, 0.1) is 55.3 Å². The molecule has 4 N–H and O–H groups in total. The number of hydrogen-bond donors (Lipinski definition) is 4. The third-order valence-corrected chi connectivity index (χ3v) is 27.7. The zero-order valence-electron chi connectivity index (χ0n) is 66.6. The summed E-state index contributed by atoms with van der Waals surface area (Å²) in [6.45, 7) is 14.7. The van der Waals surface area contributed by atoms with E-state index in [4.69, 9.17) is 30.8 Å². The molecule has 0 radical (unpaired) electrons. The fourth-order valence-corrected chi connectivity index (χ4v) is 19.8. The Kier molecular flexibility index (Phi) is 30.6. The van der Waals surface area contributed by atoms with Crippen molar-refractivity contribution < 1.29 is 68.2 Å². The molecule has 4 amide bonds. The van der Waals surface area contributed by atoms with Crippen molar-refractivity contribution in [3.63, 3.8) is 0 Å². The maximum absolute atomic E-state index is 14.6. The number of carbonyl (C=O) groups excluding carboxylic acids is 5. The number of ether oxygens (including phenoxy) is 3. The summed E-state index contributed by atoms with van der Waals surface area (Å²) in [5, 5.41) is 20.6. The molecule has 0 bridgehead atoms. The molecule has 2 aliphatic carbocycles. The number of carbonyl (C=O) groups is 5. The highest BCUT2D eigenvalue weighted by molar-refractivity contribution is 7.99. The number of amides is 4. The van der Waals surface area contributed by atoms with Crippen LogP contribution >= 0.6 is 34.7 Å². The van der Waals surface area contributed by atoms with Crippen molar-refractivity contribution in [3.8, 4) is 5.75 Å². The van der Waals surface area contributed by atoms with Crippen LogP contribution in [0.25, 0.3) is 5.57 Å². The molecule has 33 heteroatoms. The van der Waals surface area contributed by atoms with E-state index in [0.29, 0.717) is 111 Å². The van der Waals surface area contributed by atoms with Crippen molar-refractivity contribution in [2.75, 3.05) is 121 Å². The van der Waals surface area contributed by atoms with E-state index in [1.54, 1.807) is 71.5 Å². The van der Waals surface area contributed by atoms with Crippen LogP contribution in [0.4, 0.5) is 24.5 Å². The van der Waals surface area contributed by atoms with Gasteiger partial charge in [0.1, 0.15) is 39.7 Å². The molecule has 5 heterocycles. The van der Waals surface area contributed by atoms with Crippen LogP contribution in [-0.4, -0.2) is 221 Å². The minimum Gasteiger partial charge on any atom is -0.491 e. The zero-order valence-corrected chi connectivity index (χ0v) is 70.6. The first kappa shape index (κ1) is 88.0. The smallest absolute Gasteiger partial charge is 0.491 e. The van der Waals surface area contributed by atoms with Crippen molar-refractivity contribution in [1.82, 2.24) is 54.9 Å². The van der Waals surface area contributed by atoms with Crippen LogP contribution in [0, 0.1) is 11.3 Å². The number of sulfonamides is 1. The van der Waals surface area contributed by atoms with Gasteiger partial charge in [-0.1, -0.05) is 98.0 Å². The van der Waals surface area contributed by atoms with Gasteiger partial charge in [-0.15, -0.1) is 28.2 Å². The minimum absolute atomic E-state index is 0.0329. The third kappa shape index (κ3) is 23.8. The molecule has 5 aliphatic rings. The van der Waals surface area contributed by atoms with Gasteiger partial charge >= 0.3 is 5.51 Å². The lowest BCUT2D eigenvalue weighted by atomic mass is 9.73. The number of anilines is 2. The van der Waals surface area contributed by atoms with Crippen molar-refractivity contribution in [3.05, 3.63) is 177 Å². The molecule has 4 atom stereocenters. The highest BCUT2D eigenvalue weighted by atomic mass is 35.5. The zero-order chi connectivity index (χ0) is 82.9. The number of likely N-dealkylation sites (N-methyl/N-ethyl adjacent to an activating group) is 1. The number of sulfone groups is 1. The van der Waals surface area contributed by atoms with Gasteiger partial charge in [0.2, 0.25) is 23.5 Å². The molecular formula is C84H105ClF3N13O12S4. The number of aryl methyl sites for hydroxylation is 1. The van der Waals surface area contributed by atoms with E-state index in [1.165, 1.54) is 51.9 Å². The molecule has 0 spiro atoms. The van der Waals surface area contributed by atoms with Crippen molar-refractivity contribution in [2.24, 2.45) is 11.3 Å². The van der Waals surface area contributed by atoms with E-state index in [1.807, 2.05) is 52.1 Å². The van der Waals surface area contributed by atoms with E-state index >= 15 is 0 Å². The van der Waals surface area contributed by atoms with Gasteiger partial charge < -0.3 is 44.9 Å². The van der Waals surface area contributed by atoms with Crippen LogP contribution in [0.3, 0.4) is 0 Å². The molecule has 3 saturated heterocycles. The first-order valence-electron chi connectivity index (χ1n) is 40.2. The highest BCUT2D eigenvalue weighted by Crippen LogP contribution is 2.44. The number of hydrogen-bond acceptors (Lipinski definition) is 22. The van der Waals surface area contributed by atoms with Gasteiger partial charge in [0, 0.05) is 129 Å². The summed E-state index contributed by atoms with van der Waals surface area (Å²) in [6, 6.07) is 30.9. The maximum atomic E-state index is 14.6. The second kappa shape index (κ2) is 40.6. The third-order valence-electron chi connectivity index (χ3n) is 22.5. The number of thiazole rings is 1.